The number of nitrogens with zero attached hydrogens (tertiary/aromatic N) is 1. The third-order valence-electron chi connectivity index (χ3n) is 6.01. The van der Waals surface area contributed by atoms with Gasteiger partial charge in [-0.25, -0.2) is 17.6 Å². The molecule has 0 unspecified atom stereocenters. The minimum atomic E-state index is -3.60. The van der Waals surface area contributed by atoms with Gasteiger partial charge in [-0.15, -0.1) is 0 Å². The topological polar surface area (TPSA) is 69.6 Å². The SMILES string of the molecule is C[C@@]1(O)c2cc(Cl)ccc2N(C(=O)c2ccc(NC(=O)c3cc(F)ccc3Cl)cc2F)CCC1(F)F. The van der Waals surface area contributed by atoms with Crippen molar-refractivity contribution in [1.29, 1.82) is 0 Å². The van der Waals surface area contributed by atoms with Crippen molar-refractivity contribution in [2.24, 2.45) is 0 Å². The van der Waals surface area contributed by atoms with Crippen molar-refractivity contribution < 1.29 is 32.3 Å². The summed E-state index contributed by atoms with van der Waals surface area (Å²) in [6.07, 6.45) is -0.887. The van der Waals surface area contributed by atoms with Crippen LogP contribution in [-0.2, 0) is 5.60 Å². The fraction of sp³-hybridized carbons (Fsp3) is 0.200. The number of benzene rings is 3. The lowest BCUT2D eigenvalue weighted by Gasteiger charge is -2.32. The Morgan fingerprint density at radius 3 is 2.42 bits per heavy atom. The number of halogens is 6. The molecule has 0 aliphatic carbocycles. The zero-order chi connectivity index (χ0) is 26.4. The van der Waals surface area contributed by atoms with E-state index in [-0.39, 0.29) is 32.5 Å². The molecule has 0 aromatic heterocycles. The molecule has 4 rings (SSSR count). The van der Waals surface area contributed by atoms with Crippen molar-refractivity contribution in [2.45, 2.75) is 24.9 Å². The molecule has 0 spiro atoms. The Morgan fingerprint density at radius 2 is 1.72 bits per heavy atom. The Kier molecular flexibility index (Phi) is 6.76. The zero-order valence-electron chi connectivity index (χ0n) is 18.6. The lowest BCUT2D eigenvalue weighted by atomic mass is 9.87. The molecule has 36 heavy (non-hydrogen) atoms. The maximum atomic E-state index is 15.0. The highest BCUT2D eigenvalue weighted by Gasteiger charge is 2.53. The van der Waals surface area contributed by atoms with Gasteiger partial charge in [-0.2, -0.15) is 0 Å². The van der Waals surface area contributed by atoms with Gasteiger partial charge < -0.3 is 15.3 Å². The van der Waals surface area contributed by atoms with E-state index in [0.717, 1.165) is 42.2 Å². The second-order valence-corrected chi connectivity index (χ2v) is 9.26. The number of rotatable bonds is 3. The molecule has 0 radical (unpaired) electrons. The first-order chi connectivity index (χ1) is 16.8. The Morgan fingerprint density at radius 1 is 1.00 bits per heavy atom. The first-order valence-electron chi connectivity index (χ1n) is 10.6. The molecule has 0 saturated carbocycles. The highest BCUT2D eigenvalue weighted by molar-refractivity contribution is 6.34. The van der Waals surface area contributed by atoms with Crippen LogP contribution in [0.15, 0.2) is 54.6 Å². The van der Waals surface area contributed by atoms with Crippen molar-refractivity contribution >= 4 is 46.4 Å². The molecule has 2 amide bonds. The highest BCUT2D eigenvalue weighted by atomic mass is 35.5. The quantitative estimate of drug-likeness (QED) is 0.377. The number of hydrogen-bond donors (Lipinski definition) is 2. The van der Waals surface area contributed by atoms with Crippen LogP contribution in [0.2, 0.25) is 10.0 Å². The summed E-state index contributed by atoms with van der Waals surface area (Å²) in [5.41, 5.74) is -3.63. The van der Waals surface area contributed by atoms with E-state index in [1.807, 2.05) is 0 Å². The van der Waals surface area contributed by atoms with Crippen LogP contribution in [0.1, 0.15) is 39.6 Å². The lowest BCUT2D eigenvalue weighted by molar-refractivity contribution is -0.177. The molecule has 1 atom stereocenters. The van der Waals surface area contributed by atoms with E-state index in [9.17, 15) is 32.3 Å². The predicted molar refractivity (Wildman–Crippen MR) is 128 cm³/mol. The van der Waals surface area contributed by atoms with E-state index in [1.54, 1.807) is 0 Å². The molecule has 0 saturated heterocycles. The van der Waals surface area contributed by atoms with Gasteiger partial charge in [0.2, 0.25) is 0 Å². The standard InChI is InChI=1S/C25H18Cl2F4N2O3/c1-24(36)18-10-13(26)2-7-21(18)33(9-8-25(24,30)31)23(35)16-5-4-15(12-20(16)29)32-22(34)17-11-14(28)3-6-19(17)27/h2-7,10-12,36H,8-9H2,1H3,(H,32,34)/t24-/m1/s1. The molecular weight excluding hydrogens is 523 g/mol. The van der Waals surface area contributed by atoms with Crippen LogP contribution in [0.5, 0.6) is 0 Å². The fourth-order valence-electron chi connectivity index (χ4n) is 3.94. The predicted octanol–water partition coefficient (Wildman–Crippen LogP) is 6.42. The maximum Gasteiger partial charge on any atom is 0.281 e. The van der Waals surface area contributed by atoms with Crippen LogP contribution in [0.4, 0.5) is 28.9 Å². The van der Waals surface area contributed by atoms with Crippen LogP contribution in [-0.4, -0.2) is 29.4 Å². The number of nitrogens with one attached hydrogen (secondary N) is 1. The summed E-state index contributed by atoms with van der Waals surface area (Å²) in [6, 6.07) is 10.2. The summed E-state index contributed by atoms with van der Waals surface area (Å²) in [7, 11) is 0. The van der Waals surface area contributed by atoms with Crippen molar-refractivity contribution in [1.82, 2.24) is 0 Å². The van der Waals surface area contributed by atoms with Crippen LogP contribution in [0.25, 0.3) is 0 Å². The second kappa shape index (κ2) is 9.38. The molecule has 11 heteroatoms. The molecule has 3 aromatic rings. The van der Waals surface area contributed by atoms with Gasteiger partial charge in [0.25, 0.3) is 17.7 Å². The maximum absolute atomic E-state index is 15.0. The fourth-order valence-corrected chi connectivity index (χ4v) is 4.31. The summed E-state index contributed by atoms with van der Waals surface area (Å²) in [5.74, 6) is -7.08. The third kappa shape index (κ3) is 4.66. The van der Waals surface area contributed by atoms with Gasteiger partial charge in [0.05, 0.1) is 21.8 Å². The normalized spacial score (nSPS) is 18.8. The minimum absolute atomic E-state index is 0.0196. The first-order valence-corrected chi connectivity index (χ1v) is 11.4. The van der Waals surface area contributed by atoms with Crippen LogP contribution in [0, 0.1) is 11.6 Å². The summed E-state index contributed by atoms with van der Waals surface area (Å²) >= 11 is 11.9. The largest absolute Gasteiger partial charge is 0.379 e. The average Bonchev–Trinajstić information content (AvgIpc) is 2.87. The van der Waals surface area contributed by atoms with Crippen LogP contribution < -0.4 is 10.2 Å². The summed E-state index contributed by atoms with van der Waals surface area (Å²) in [6.45, 7) is 0.422. The molecule has 1 aliphatic heterocycles. The van der Waals surface area contributed by atoms with Crippen LogP contribution >= 0.6 is 23.2 Å². The third-order valence-corrected chi connectivity index (χ3v) is 6.58. The molecule has 5 nitrogen and oxygen atoms in total. The molecule has 2 N–H and O–H groups in total. The van der Waals surface area contributed by atoms with E-state index >= 15 is 0 Å². The summed E-state index contributed by atoms with van der Waals surface area (Å²) in [4.78, 5) is 26.6. The number of carbonyl (C=O) groups is 2. The van der Waals surface area contributed by atoms with E-state index in [2.05, 4.69) is 5.32 Å². The van der Waals surface area contributed by atoms with E-state index in [1.165, 1.54) is 24.3 Å². The average molecular weight is 541 g/mol. The number of alkyl halides is 2. The lowest BCUT2D eigenvalue weighted by Crippen LogP contribution is -2.42. The van der Waals surface area contributed by atoms with Crippen molar-refractivity contribution in [2.75, 3.05) is 16.8 Å². The first kappa shape index (κ1) is 25.9. The zero-order valence-corrected chi connectivity index (χ0v) is 20.1. The summed E-state index contributed by atoms with van der Waals surface area (Å²) < 4.78 is 58.0. The van der Waals surface area contributed by atoms with E-state index in [4.69, 9.17) is 23.2 Å². The van der Waals surface area contributed by atoms with Gasteiger partial charge in [0, 0.05) is 29.2 Å². The van der Waals surface area contributed by atoms with Crippen molar-refractivity contribution in [3.8, 4) is 0 Å². The number of fused-ring (bicyclic) bond motifs is 1. The Hall–Kier alpha value is -3.14. The molecule has 0 bridgehead atoms. The van der Waals surface area contributed by atoms with Crippen LogP contribution in [0.3, 0.4) is 0 Å². The molecule has 1 aliphatic rings. The Labute approximate surface area is 213 Å². The van der Waals surface area contributed by atoms with Crippen molar-refractivity contribution in [3.63, 3.8) is 0 Å². The molecule has 0 fully saturated rings. The number of amides is 2. The molecule has 3 aromatic carbocycles. The van der Waals surface area contributed by atoms with Gasteiger partial charge in [0.15, 0.2) is 5.60 Å². The highest BCUT2D eigenvalue weighted by Crippen LogP contribution is 2.47. The van der Waals surface area contributed by atoms with Gasteiger partial charge in [-0.1, -0.05) is 23.2 Å². The number of aliphatic hydroxyl groups is 1. The van der Waals surface area contributed by atoms with E-state index in [0.29, 0.717) is 0 Å². The molecular formula is C25H18Cl2F4N2O3. The molecule has 188 valence electrons. The molecule has 1 heterocycles. The smallest absolute Gasteiger partial charge is 0.281 e. The van der Waals surface area contributed by atoms with Gasteiger partial charge in [-0.3, -0.25) is 9.59 Å². The minimum Gasteiger partial charge on any atom is -0.379 e. The van der Waals surface area contributed by atoms with Gasteiger partial charge in [-0.05, 0) is 61.5 Å². The van der Waals surface area contributed by atoms with Gasteiger partial charge in [0.1, 0.15) is 11.6 Å². The number of anilines is 2. The monoisotopic (exact) mass is 540 g/mol. The summed E-state index contributed by atoms with van der Waals surface area (Å²) in [5, 5.41) is 13.1. The van der Waals surface area contributed by atoms with Crippen molar-refractivity contribution in [3.05, 3.63) is 93.0 Å². The number of carbonyl (C=O) groups excluding carboxylic acids is 2. The second-order valence-electron chi connectivity index (χ2n) is 8.42. The Bertz CT molecular complexity index is 1380. The van der Waals surface area contributed by atoms with E-state index < -0.39 is 53.5 Å². The Balaban J connectivity index is 1.65. The van der Waals surface area contributed by atoms with Gasteiger partial charge >= 0.3 is 0 Å². The number of hydrogen-bond acceptors (Lipinski definition) is 3.